The van der Waals surface area contributed by atoms with Crippen molar-refractivity contribution in [2.24, 2.45) is 4.99 Å². The molecule has 1 aromatic heterocycles. The molecule has 0 aliphatic heterocycles. The lowest BCUT2D eigenvalue weighted by atomic mass is 10.3. The second-order valence-corrected chi connectivity index (χ2v) is 6.85. The van der Waals surface area contributed by atoms with Crippen LogP contribution in [0.15, 0.2) is 53.7 Å². The zero-order valence-corrected chi connectivity index (χ0v) is 13.9. The van der Waals surface area contributed by atoms with Crippen LogP contribution in [0.4, 0.5) is 0 Å². The molecule has 1 aromatic rings. The Bertz CT molecular complexity index is 454. The zero-order chi connectivity index (χ0) is 14.5. The van der Waals surface area contributed by atoms with E-state index in [0.717, 1.165) is 24.6 Å². The maximum atomic E-state index is 4.33. The largest absolute Gasteiger partial charge is 0.292 e. The first-order chi connectivity index (χ1) is 9.84. The van der Waals surface area contributed by atoms with Gasteiger partial charge in [0, 0.05) is 37.6 Å². The molecule has 0 aromatic carbocycles. The molecule has 0 spiro atoms. The third-order valence-electron chi connectivity index (χ3n) is 2.58. The fourth-order valence-corrected chi connectivity index (χ4v) is 3.36. The van der Waals surface area contributed by atoms with Crippen LogP contribution in [-0.2, 0) is 6.54 Å². The van der Waals surface area contributed by atoms with E-state index in [2.05, 4.69) is 40.9 Å². The Labute approximate surface area is 130 Å². The third kappa shape index (κ3) is 8.23. The van der Waals surface area contributed by atoms with Gasteiger partial charge in [-0.25, -0.2) is 4.57 Å². The summed E-state index contributed by atoms with van der Waals surface area (Å²) in [4.78, 5) is 4.33. The summed E-state index contributed by atoms with van der Waals surface area (Å²) in [5.41, 5.74) is 1.32. The number of hydrogen-bond acceptors (Lipinski definition) is 3. The number of aliphatic imine (C=N–C) groups is 1. The number of nitrogens with zero attached hydrogens (tertiary/aromatic N) is 2. The van der Waals surface area contributed by atoms with E-state index < -0.39 is 0 Å². The first-order valence-corrected chi connectivity index (χ1v) is 9.30. The van der Waals surface area contributed by atoms with Crippen LogP contribution in [0.1, 0.15) is 12.6 Å². The van der Waals surface area contributed by atoms with E-state index >= 15 is 0 Å². The molecule has 0 saturated heterocycles. The quantitative estimate of drug-likeness (QED) is 0.226. The van der Waals surface area contributed by atoms with Crippen LogP contribution >= 0.6 is 21.6 Å². The molecule has 0 amide bonds. The van der Waals surface area contributed by atoms with E-state index in [1.165, 1.54) is 5.69 Å². The molecular weight excluding hydrogens is 284 g/mol. The Kier molecular flexibility index (Phi) is 10.1. The number of hydrogen-bond donors (Lipinski definition) is 0. The lowest BCUT2D eigenvalue weighted by Crippen LogP contribution is -2.37. The van der Waals surface area contributed by atoms with E-state index in [9.17, 15) is 0 Å². The molecule has 0 N–H and O–H groups in total. The highest BCUT2D eigenvalue weighted by atomic mass is 33.1. The predicted molar refractivity (Wildman–Crippen MR) is 93.6 cm³/mol. The van der Waals surface area contributed by atoms with Crippen molar-refractivity contribution >= 4 is 27.8 Å². The summed E-state index contributed by atoms with van der Waals surface area (Å²) in [7, 11) is 3.82. The summed E-state index contributed by atoms with van der Waals surface area (Å²) < 4.78 is 2.29. The number of allylic oxidation sites excluding steroid dienone is 4. The molecule has 0 saturated carbocycles. The minimum absolute atomic E-state index is 0.884. The second kappa shape index (κ2) is 11.8. The van der Waals surface area contributed by atoms with Gasteiger partial charge in [0.2, 0.25) is 0 Å². The van der Waals surface area contributed by atoms with Crippen molar-refractivity contribution < 1.29 is 4.57 Å². The van der Waals surface area contributed by atoms with Crippen LogP contribution in [0.2, 0.25) is 0 Å². The molecule has 0 aliphatic rings. The van der Waals surface area contributed by atoms with Crippen LogP contribution in [0.25, 0.3) is 0 Å². The van der Waals surface area contributed by atoms with Gasteiger partial charge in [-0.05, 0) is 13.0 Å². The highest BCUT2D eigenvalue weighted by Gasteiger charge is 2.03. The molecule has 0 unspecified atom stereocenters. The van der Waals surface area contributed by atoms with Gasteiger partial charge in [-0.3, -0.25) is 4.99 Å². The second-order valence-electron chi connectivity index (χ2n) is 4.15. The first-order valence-electron chi connectivity index (χ1n) is 6.82. The summed E-state index contributed by atoms with van der Waals surface area (Å²) in [6, 6.07) is 6.31. The molecule has 0 aliphatic carbocycles. The van der Waals surface area contributed by atoms with Crippen LogP contribution in [-0.4, -0.2) is 24.3 Å². The Morgan fingerprint density at radius 3 is 2.80 bits per heavy atom. The first kappa shape index (κ1) is 17.1. The molecule has 20 heavy (non-hydrogen) atoms. The van der Waals surface area contributed by atoms with Gasteiger partial charge in [0.15, 0.2) is 18.4 Å². The van der Waals surface area contributed by atoms with Crippen LogP contribution < -0.4 is 4.57 Å². The van der Waals surface area contributed by atoms with Gasteiger partial charge in [0.05, 0.1) is 5.75 Å². The van der Waals surface area contributed by atoms with Crippen molar-refractivity contribution in [1.82, 2.24) is 0 Å². The normalized spacial score (nSPS) is 12.1. The SMILES string of the molecule is C/C=C/C=C\C=NCCSSCC[n+]1ccccc1C. The Morgan fingerprint density at radius 1 is 1.15 bits per heavy atom. The van der Waals surface area contributed by atoms with E-state index in [1.807, 2.05) is 59.0 Å². The number of pyridine rings is 1. The molecule has 4 heteroatoms. The van der Waals surface area contributed by atoms with Gasteiger partial charge in [0.1, 0.15) is 0 Å². The number of aryl methyl sites for hydroxylation is 2. The van der Waals surface area contributed by atoms with Gasteiger partial charge in [-0.15, -0.1) is 0 Å². The number of aromatic nitrogens is 1. The summed E-state index contributed by atoms with van der Waals surface area (Å²) in [5.74, 6) is 2.20. The standard InChI is InChI=1S/C16H23N2S2/c1-3-4-5-7-10-17-11-14-19-20-15-13-18-12-8-6-9-16(18)2/h3-10,12H,11,13-15H2,1-2H3/q+1/b4-3+,7-5-,17-10?. The van der Waals surface area contributed by atoms with Crippen molar-refractivity contribution in [3.63, 3.8) is 0 Å². The Balaban J connectivity index is 2.01. The van der Waals surface area contributed by atoms with E-state index in [1.54, 1.807) is 0 Å². The van der Waals surface area contributed by atoms with Gasteiger partial charge in [0.25, 0.3) is 0 Å². The van der Waals surface area contributed by atoms with Gasteiger partial charge in [-0.2, -0.15) is 0 Å². The summed E-state index contributed by atoms with van der Waals surface area (Å²) in [6.45, 7) is 6.10. The molecule has 0 bridgehead atoms. The highest BCUT2D eigenvalue weighted by Crippen LogP contribution is 2.20. The molecule has 1 rings (SSSR count). The number of rotatable bonds is 9. The van der Waals surface area contributed by atoms with E-state index in [-0.39, 0.29) is 0 Å². The minimum atomic E-state index is 0.884. The van der Waals surface area contributed by atoms with Gasteiger partial charge in [-0.1, -0.05) is 45.9 Å². The highest BCUT2D eigenvalue weighted by molar-refractivity contribution is 8.76. The fourth-order valence-electron chi connectivity index (χ4n) is 1.52. The summed E-state index contributed by atoms with van der Waals surface area (Å²) >= 11 is 0. The molecule has 1 heterocycles. The topological polar surface area (TPSA) is 16.2 Å². The summed E-state index contributed by atoms with van der Waals surface area (Å²) in [5, 5.41) is 0. The van der Waals surface area contributed by atoms with Crippen molar-refractivity contribution in [3.8, 4) is 0 Å². The monoisotopic (exact) mass is 307 g/mol. The maximum Gasteiger partial charge on any atom is 0.178 e. The van der Waals surface area contributed by atoms with Crippen LogP contribution in [0, 0.1) is 6.92 Å². The fraction of sp³-hybridized carbons (Fsp3) is 0.375. The van der Waals surface area contributed by atoms with Crippen molar-refractivity contribution in [2.75, 3.05) is 18.1 Å². The molecule has 0 radical (unpaired) electrons. The maximum absolute atomic E-state index is 4.33. The lowest BCUT2D eigenvalue weighted by molar-refractivity contribution is -0.698. The van der Waals surface area contributed by atoms with Crippen LogP contribution in [0.5, 0.6) is 0 Å². The van der Waals surface area contributed by atoms with Crippen LogP contribution in [0.3, 0.4) is 0 Å². The molecular formula is C16H23N2S2+. The molecule has 2 nitrogen and oxygen atoms in total. The van der Waals surface area contributed by atoms with Crippen molar-refractivity contribution in [2.45, 2.75) is 20.4 Å². The molecule has 0 atom stereocenters. The van der Waals surface area contributed by atoms with Gasteiger partial charge >= 0.3 is 0 Å². The van der Waals surface area contributed by atoms with Gasteiger partial charge < -0.3 is 0 Å². The predicted octanol–water partition coefficient (Wildman–Crippen LogP) is 3.87. The molecule has 108 valence electrons. The Morgan fingerprint density at radius 2 is 2.00 bits per heavy atom. The minimum Gasteiger partial charge on any atom is -0.292 e. The summed E-state index contributed by atoms with van der Waals surface area (Å²) in [6.07, 6.45) is 12.0. The average molecular weight is 308 g/mol. The van der Waals surface area contributed by atoms with E-state index in [4.69, 9.17) is 0 Å². The van der Waals surface area contributed by atoms with Crippen molar-refractivity contribution in [3.05, 3.63) is 54.4 Å². The smallest absolute Gasteiger partial charge is 0.178 e. The van der Waals surface area contributed by atoms with Crippen molar-refractivity contribution in [1.29, 1.82) is 0 Å². The third-order valence-corrected chi connectivity index (χ3v) is 4.94. The van der Waals surface area contributed by atoms with E-state index in [0.29, 0.717) is 0 Å². The Hall–Kier alpha value is -1.00. The molecule has 0 fully saturated rings. The zero-order valence-electron chi connectivity index (χ0n) is 12.2. The average Bonchev–Trinajstić information content (AvgIpc) is 2.46. The lowest BCUT2D eigenvalue weighted by Gasteiger charge is -1.99.